The fraction of sp³-hybridized carbons (Fsp3) is 0. The molecular formula is C18H13FN2O. The number of hydrogen-bond donors (Lipinski definition) is 1. The summed E-state index contributed by atoms with van der Waals surface area (Å²) in [5, 5.41) is 3.06. The van der Waals surface area contributed by atoms with Crippen molar-refractivity contribution in [3.8, 4) is 0 Å². The highest BCUT2D eigenvalue weighted by Crippen LogP contribution is 2.23. The fourth-order valence-electron chi connectivity index (χ4n) is 2.15. The number of nitrogens with zero attached hydrogens (tertiary/aromatic N) is 1. The molecule has 0 spiro atoms. The first-order valence-corrected chi connectivity index (χ1v) is 6.80. The van der Waals surface area contributed by atoms with Gasteiger partial charge in [-0.1, -0.05) is 36.4 Å². The first kappa shape index (κ1) is 13.9. The normalized spacial score (nSPS) is 10.2. The van der Waals surface area contributed by atoms with Gasteiger partial charge < -0.3 is 5.32 Å². The average Bonchev–Trinajstić information content (AvgIpc) is 2.56. The number of ketones is 1. The van der Waals surface area contributed by atoms with Crippen molar-refractivity contribution in [2.75, 3.05) is 5.32 Å². The van der Waals surface area contributed by atoms with Crippen molar-refractivity contribution in [1.82, 2.24) is 4.98 Å². The molecule has 0 amide bonds. The van der Waals surface area contributed by atoms with Crippen molar-refractivity contribution in [2.24, 2.45) is 0 Å². The first-order chi connectivity index (χ1) is 10.7. The molecule has 2 aromatic carbocycles. The van der Waals surface area contributed by atoms with Crippen LogP contribution >= 0.6 is 0 Å². The summed E-state index contributed by atoms with van der Waals surface area (Å²) in [4.78, 5) is 16.6. The number of carbonyl (C=O) groups excluding carboxylic acids is 1. The minimum Gasteiger partial charge on any atom is -0.355 e. The Kier molecular flexibility index (Phi) is 3.92. The molecule has 0 unspecified atom stereocenters. The zero-order valence-corrected chi connectivity index (χ0v) is 11.7. The van der Waals surface area contributed by atoms with E-state index < -0.39 is 0 Å². The number of carbonyl (C=O) groups is 1. The van der Waals surface area contributed by atoms with E-state index in [-0.39, 0.29) is 11.6 Å². The monoisotopic (exact) mass is 292 g/mol. The molecule has 0 saturated heterocycles. The van der Waals surface area contributed by atoms with Crippen LogP contribution in [0.25, 0.3) is 0 Å². The molecule has 22 heavy (non-hydrogen) atoms. The van der Waals surface area contributed by atoms with Crippen molar-refractivity contribution < 1.29 is 9.18 Å². The van der Waals surface area contributed by atoms with E-state index in [0.29, 0.717) is 22.5 Å². The molecule has 3 rings (SSSR count). The van der Waals surface area contributed by atoms with Crippen LogP contribution in [0.1, 0.15) is 15.9 Å². The summed E-state index contributed by atoms with van der Waals surface area (Å²) >= 11 is 0. The summed E-state index contributed by atoms with van der Waals surface area (Å²) in [6.45, 7) is 0. The van der Waals surface area contributed by atoms with Gasteiger partial charge in [0, 0.05) is 23.6 Å². The Morgan fingerprint density at radius 3 is 2.59 bits per heavy atom. The quantitative estimate of drug-likeness (QED) is 0.733. The molecule has 3 nitrogen and oxygen atoms in total. The van der Waals surface area contributed by atoms with E-state index in [1.165, 1.54) is 18.3 Å². The summed E-state index contributed by atoms with van der Waals surface area (Å²) in [7, 11) is 0. The molecule has 0 fully saturated rings. The Bertz CT molecular complexity index is 803. The third kappa shape index (κ3) is 3.01. The molecule has 0 aliphatic rings. The van der Waals surface area contributed by atoms with E-state index in [0.717, 1.165) is 0 Å². The van der Waals surface area contributed by atoms with Gasteiger partial charge in [-0.3, -0.25) is 9.78 Å². The highest BCUT2D eigenvalue weighted by Gasteiger charge is 2.13. The van der Waals surface area contributed by atoms with E-state index in [1.54, 1.807) is 36.5 Å². The number of anilines is 2. The van der Waals surface area contributed by atoms with Gasteiger partial charge in [0.15, 0.2) is 5.78 Å². The SMILES string of the molecule is O=C(c1ccccc1)c1cnccc1Nc1cccc(F)c1. The summed E-state index contributed by atoms with van der Waals surface area (Å²) in [5.74, 6) is -0.470. The second kappa shape index (κ2) is 6.18. The Labute approximate surface area is 127 Å². The Morgan fingerprint density at radius 2 is 1.82 bits per heavy atom. The van der Waals surface area contributed by atoms with Crippen LogP contribution in [0.4, 0.5) is 15.8 Å². The van der Waals surface area contributed by atoms with E-state index in [9.17, 15) is 9.18 Å². The number of pyridine rings is 1. The molecular weight excluding hydrogens is 279 g/mol. The molecule has 0 radical (unpaired) electrons. The lowest BCUT2D eigenvalue weighted by Crippen LogP contribution is -2.06. The lowest BCUT2D eigenvalue weighted by Gasteiger charge is -2.11. The lowest BCUT2D eigenvalue weighted by molar-refractivity contribution is 0.103. The van der Waals surface area contributed by atoms with Gasteiger partial charge in [0.2, 0.25) is 0 Å². The summed E-state index contributed by atoms with van der Waals surface area (Å²) in [6.07, 6.45) is 3.10. The van der Waals surface area contributed by atoms with Crippen LogP contribution in [0.5, 0.6) is 0 Å². The Balaban J connectivity index is 1.95. The number of halogens is 1. The third-order valence-electron chi connectivity index (χ3n) is 3.21. The van der Waals surface area contributed by atoms with Crippen LogP contribution in [0.15, 0.2) is 73.1 Å². The largest absolute Gasteiger partial charge is 0.355 e. The van der Waals surface area contributed by atoms with Gasteiger partial charge in [-0.05, 0) is 24.3 Å². The van der Waals surface area contributed by atoms with Crippen molar-refractivity contribution in [3.63, 3.8) is 0 Å². The van der Waals surface area contributed by atoms with Crippen molar-refractivity contribution in [2.45, 2.75) is 0 Å². The molecule has 1 aromatic heterocycles. The number of hydrogen-bond acceptors (Lipinski definition) is 3. The summed E-state index contributed by atoms with van der Waals surface area (Å²) in [6, 6.07) is 16.8. The van der Waals surface area contributed by atoms with E-state index in [4.69, 9.17) is 0 Å². The van der Waals surface area contributed by atoms with Crippen molar-refractivity contribution >= 4 is 17.2 Å². The van der Waals surface area contributed by atoms with Gasteiger partial charge in [-0.15, -0.1) is 0 Å². The van der Waals surface area contributed by atoms with Gasteiger partial charge >= 0.3 is 0 Å². The number of nitrogens with one attached hydrogen (secondary N) is 1. The second-order valence-corrected chi connectivity index (χ2v) is 4.75. The van der Waals surface area contributed by atoms with Crippen LogP contribution < -0.4 is 5.32 Å². The van der Waals surface area contributed by atoms with Crippen molar-refractivity contribution in [3.05, 3.63) is 90.0 Å². The van der Waals surface area contributed by atoms with E-state index in [2.05, 4.69) is 10.3 Å². The topological polar surface area (TPSA) is 42.0 Å². The third-order valence-corrected chi connectivity index (χ3v) is 3.21. The Hall–Kier alpha value is -3.01. The molecule has 1 heterocycles. The maximum atomic E-state index is 13.3. The molecule has 0 atom stereocenters. The summed E-state index contributed by atoms with van der Waals surface area (Å²) < 4.78 is 13.3. The smallest absolute Gasteiger partial charge is 0.196 e. The predicted octanol–water partition coefficient (Wildman–Crippen LogP) is 4.20. The maximum Gasteiger partial charge on any atom is 0.196 e. The molecule has 0 aliphatic carbocycles. The minimum absolute atomic E-state index is 0.132. The van der Waals surface area contributed by atoms with E-state index >= 15 is 0 Å². The molecule has 1 N–H and O–H groups in total. The van der Waals surface area contributed by atoms with Gasteiger partial charge in [0.1, 0.15) is 5.82 Å². The van der Waals surface area contributed by atoms with Crippen molar-refractivity contribution in [1.29, 1.82) is 0 Å². The van der Waals surface area contributed by atoms with Gasteiger partial charge in [0.05, 0.1) is 11.3 Å². The predicted molar refractivity (Wildman–Crippen MR) is 83.8 cm³/mol. The summed E-state index contributed by atoms with van der Waals surface area (Å²) in [5.41, 5.74) is 2.19. The standard InChI is InChI=1S/C18H13FN2O/c19-14-7-4-8-15(11-14)21-17-9-10-20-12-16(17)18(22)13-5-2-1-3-6-13/h1-12H,(H,20,21). The number of aromatic nitrogens is 1. The van der Waals surface area contributed by atoms with Gasteiger partial charge in [0.25, 0.3) is 0 Å². The molecule has 0 saturated carbocycles. The van der Waals surface area contributed by atoms with Crippen LogP contribution in [-0.4, -0.2) is 10.8 Å². The van der Waals surface area contributed by atoms with Crippen LogP contribution in [-0.2, 0) is 0 Å². The highest BCUT2D eigenvalue weighted by atomic mass is 19.1. The van der Waals surface area contributed by atoms with Gasteiger partial charge in [-0.25, -0.2) is 4.39 Å². The maximum absolute atomic E-state index is 13.3. The van der Waals surface area contributed by atoms with Crippen LogP contribution in [0.3, 0.4) is 0 Å². The molecule has 108 valence electrons. The minimum atomic E-state index is -0.338. The molecule has 3 aromatic rings. The molecule has 0 aliphatic heterocycles. The second-order valence-electron chi connectivity index (χ2n) is 4.75. The van der Waals surface area contributed by atoms with E-state index in [1.807, 2.05) is 18.2 Å². The zero-order valence-electron chi connectivity index (χ0n) is 11.7. The lowest BCUT2D eigenvalue weighted by atomic mass is 10.0. The first-order valence-electron chi connectivity index (χ1n) is 6.80. The molecule has 4 heteroatoms. The number of rotatable bonds is 4. The Morgan fingerprint density at radius 1 is 1.00 bits per heavy atom. The van der Waals surface area contributed by atoms with Crippen LogP contribution in [0, 0.1) is 5.82 Å². The average molecular weight is 292 g/mol. The zero-order chi connectivity index (χ0) is 15.4. The van der Waals surface area contributed by atoms with Gasteiger partial charge in [-0.2, -0.15) is 0 Å². The molecule has 0 bridgehead atoms. The highest BCUT2D eigenvalue weighted by molar-refractivity contribution is 6.12. The fourth-order valence-corrected chi connectivity index (χ4v) is 2.15. The van der Waals surface area contributed by atoms with Crippen LogP contribution in [0.2, 0.25) is 0 Å². The number of benzene rings is 2.